The van der Waals surface area contributed by atoms with Crippen LogP contribution in [0, 0.1) is 35.0 Å². The van der Waals surface area contributed by atoms with Gasteiger partial charge in [-0.3, -0.25) is 0 Å². The third-order valence-corrected chi connectivity index (χ3v) is 6.12. The fourth-order valence-electron chi connectivity index (χ4n) is 5.53. The Morgan fingerprint density at radius 3 is 2.30 bits per heavy atom. The summed E-state index contributed by atoms with van der Waals surface area (Å²) in [6, 6.07) is 11.3. The van der Waals surface area contributed by atoms with Gasteiger partial charge in [-0.25, -0.2) is 0 Å². The predicted octanol–water partition coefficient (Wildman–Crippen LogP) is 3.91. The maximum Gasteiger partial charge on any atom is 0.118 e. The molecule has 4 saturated carbocycles. The number of hydrogen-bond donors (Lipinski definition) is 0. The Kier molecular flexibility index (Phi) is 2.61. The summed E-state index contributed by atoms with van der Waals surface area (Å²) in [7, 11) is 1.72. The van der Waals surface area contributed by atoms with Crippen molar-refractivity contribution in [3.8, 4) is 11.8 Å². The summed E-state index contributed by atoms with van der Waals surface area (Å²) < 4.78 is 5.28. The van der Waals surface area contributed by atoms with Crippen LogP contribution < -0.4 is 4.74 Å². The first-order valence-corrected chi connectivity index (χ1v) is 7.78. The quantitative estimate of drug-likeness (QED) is 0.813. The summed E-state index contributed by atoms with van der Waals surface area (Å²) in [5.41, 5.74) is 1.84. The van der Waals surface area contributed by atoms with E-state index in [2.05, 4.69) is 30.3 Å². The highest BCUT2D eigenvalue weighted by Gasteiger charge is 2.55. The molecular formula is C18H21NO. The molecule has 2 atom stereocenters. The number of hydrogen-bond acceptors (Lipinski definition) is 2. The van der Waals surface area contributed by atoms with Crippen molar-refractivity contribution in [2.24, 2.45) is 23.7 Å². The van der Waals surface area contributed by atoms with Crippen molar-refractivity contribution in [2.45, 2.75) is 37.5 Å². The van der Waals surface area contributed by atoms with Crippen LogP contribution in [0.25, 0.3) is 0 Å². The van der Waals surface area contributed by atoms with E-state index in [0.717, 1.165) is 11.7 Å². The standard InChI is InChI=1S/C18H21NO/c1-20-16-4-2-15(3-5-16)18-8-12-6-13(9-18)17(11-19)14(7-12)10-18/h2-5,12-14,17H,6-10H2,1H3. The molecule has 2 heteroatoms. The Hall–Kier alpha value is -1.49. The van der Waals surface area contributed by atoms with E-state index in [1.165, 1.54) is 37.7 Å². The third-order valence-electron chi connectivity index (χ3n) is 6.12. The van der Waals surface area contributed by atoms with Crippen molar-refractivity contribution in [2.75, 3.05) is 7.11 Å². The minimum absolute atomic E-state index is 0.331. The molecule has 2 nitrogen and oxygen atoms in total. The van der Waals surface area contributed by atoms with Gasteiger partial charge in [0.1, 0.15) is 5.75 Å². The summed E-state index contributed by atoms with van der Waals surface area (Å²) in [6.45, 7) is 0. The van der Waals surface area contributed by atoms with E-state index >= 15 is 0 Å². The van der Waals surface area contributed by atoms with E-state index in [1.54, 1.807) is 7.11 Å². The lowest BCUT2D eigenvalue weighted by molar-refractivity contribution is -0.0351. The van der Waals surface area contributed by atoms with Gasteiger partial charge in [0.25, 0.3) is 0 Å². The number of methoxy groups -OCH3 is 1. The van der Waals surface area contributed by atoms with Crippen molar-refractivity contribution < 1.29 is 4.74 Å². The first-order valence-electron chi connectivity index (χ1n) is 7.78. The van der Waals surface area contributed by atoms with Crippen LogP contribution in [0.3, 0.4) is 0 Å². The van der Waals surface area contributed by atoms with Gasteiger partial charge in [0, 0.05) is 0 Å². The van der Waals surface area contributed by atoms with Crippen LogP contribution >= 0.6 is 0 Å². The maximum absolute atomic E-state index is 9.45. The highest BCUT2D eigenvalue weighted by Crippen LogP contribution is 2.62. The van der Waals surface area contributed by atoms with Crippen molar-refractivity contribution >= 4 is 0 Å². The monoisotopic (exact) mass is 267 g/mol. The zero-order valence-corrected chi connectivity index (χ0v) is 12.0. The molecule has 0 heterocycles. The molecule has 1 aromatic carbocycles. The fraction of sp³-hybridized carbons (Fsp3) is 0.611. The molecule has 0 saturated heterocycles. The molecule has 4 fully saturated rings. The van der Waals surface area contributed by atoms with Crippen LogP contribution in [0.4, 0.5) is 0 Å². The van der Waals surface area contributed by atoms with Crippen molar-refractivity contribution in [1.82, 2.24) is 0 Å². The Bertz CT molecular complexity index is 540. The third kappa shape index (κ3) is 1.62. The lowest BCUT2D eigenvalue weighted by Crippen LogP contribution is -2.52. The van der Waals surface area contributed by atoms with Gasteiger partial charge in [-0.05, 0) is 73.0 Å². The first kappa shape index (κ1) is 12.3. The molecule has 0 radical (unpaired) electrons. The van der Waals surface area contributed by atoms with Gasteiger partial charge in [0.2, 0.25) is 0 Å². The fourth-order valence-corrected chi connectivity index (χ4v) is 5.53. The lowest BCUT2D eigenvalue weighted by atomic mass is 9.45. The van der Waals surface area contributed by atoms with Gasteiger partial charge in [0.15, 0.2) is 0 Å². The summed E-state index contributed by atoms with van der Waals surface area (Å²) in [5.74, 6) is 3.42. The highest BCUT2D eigenvalue weighted by molar-refractivity contribution is 5.35. The summed E-state index contributed by atoms with van der Waals surface area (Å²) in [6.07, 6.45) is 6.39. The molecule has 0 aromatic heterocycles. The zero-order chi connectivity index (χ0) is 13.7. The Balaban J connectivity index is 1.69. The van der Waals surface area contributed by atoms with Crippen LogP contribution in [-0.4, -0.2) is 7.11 Å². The molecular weight excluding hydrogens is 246 g/mol. The molecule has 20 heavy (non-hydrogen) atoms. The van der Waals surface area contributed by atoms with Crippen LogP contribution in [0.15, 0.2) is 24.3 Å². The molecule has 4 aliphatic carbocycles. The minimum Gasteiger partial charge on any atom is -0.497 e. The summed E-state index contributed by atoms with van der Waals surface area (Å²) in [5, 5.41) is 9.45. The normalized spacial score (nSPS) is 41.4. The lowest BCUT2D eigenvalue weighted by Gasteiger charge is -2.59. The van der Waals surface area contributed by atoms with Crippen molar-refractivity contribution in [3.05, 3.63) is 29.8 Å². The number of ether oxygens (including phenoxy) is 1. The molecule has 2 unspecified atom stereocenters. The predicted molar refractivity (Wildman–Crippen MR) is 77.3 cm³/mol. The number of rotatable bonds is 2. The van der Waals surface area contributed by atoms with Crippen molar-refractivity contribution in [3.63, 3.8) is 0 Å². The molecule has 0 amide bonds. The molecule has 4 aliphatic rings. The average molecular weight is 267 g/mol. The Morgan fingerprint density at radius 2 is 1.75 bits per heavy atom. The molecule has 104 valence electrons. The Labute approximate surface area is 120 Å². The van der Waals surface area contributed by atoms with Crippen LogP contribution in [0.2, 0.25) is 0 Å². The molecule has 0 N–H and O–H groups in total. The highest BCUT2D eigenvalue weighted by atomic mass is 16.5. The second kappa shape index (κ2) is 4.25. The molecule has 0 aliphatic heterocycles. The second-order valence-electron chi connectivity index (χ2n) is 7.13. The van der Waals surface area contributed by atoms with Crippen molar-refractivity contribution in [1.29, 1.82) is 5.26 Å². The van der Waals surface area contributed by atoms with Gasteiger partial charge in [-0.1, -0.05) is 12.1 Å². The maximum atomic E-state index is 9.45. The zero-order valence-electron chi connectivity index (χ0n) is 12.0. The summed E-state index contributed by atoms with van der Waals surface area (Å²) >= 11 is 0. The molecule has 4 bridgehead atoms. The number of nitriles is 1. The smallest absolute Gasteiger partial charge is 0.118 e. The molecule has 1 aromatic rings. The average Bonchev–Trinajstić information content (AvgIpc) is 2.47. The van der Waals surface area contributed by atoms with E-state index in [0.29, 0.717) is 23.2 Å². The van der Waals surface area contributed by atoms with Gasteiger partial charge < -0.3 is 4.74 Å². The minimum atomic E-state index is 0.331. The van der Waals surface area contributed by atoms with Gasteiger partial charge in [-0.15, -0.1) is 0 Å². The summed E-state index contributed by atoms with van der Waals surface area (Å²) in [4.78, 5) is 0. The molecule has 0 spiro atoms. The van der Waals surface area contributed by atoms with E-state index in [9.17, 15) is 5.26 Å². The van der Waals surface area contributed by atoms with E-state index in [4.69, 9.17) is 4.74 Å². The van der Waals surface area contributed by atoms with Gasteiger partial charge >= 0.3 is 0 Å². The topological polar surface area (TPSA) is 33.0 Å². The van der Waals surface area contributed by atoms with E-state index in [-0.39, 0.29) is 0 Å². The van der Waals surface area contributed by atoms with Crippen LogP contribution in [-0.2, 0) is 5.41 Å². The largest absolute Gasteiger partial charge is 0.497 e. The SMILES string of the molecule is COc1ccc(C23CC4CC(C2)C(C#N)C(C4)C3)cc1. The van der Waals surface area contributed by atoms with E-state index < -0.39 is 0 Å². The second-order valence-corrected chi connectivity index (χ2v) is 7.13. The van der Waals surface area contributed by atoms with Crippen LogP contribution in [0.1, 0.15) is 37.7 Å². The number of nitrogens with zero attached hydrogens (tertiary/aromatic N) is 1. The Morgan fingerprint density at radius 1 is 1.10 bits per heavy atom. The van der Waals surface area contributed by atoms with E-state index in [1.807, 2.05) is 0 Å². The van der Waals surface area contributed by atoms with Gasteiger partial charge in [-0.2, -0.15) is 5.26 Å². The molecule has 5 rings (SSSR count). The first-order chi connectivity index (χ1) is 9.74. The van der Waals surface area contributed by atoms with Crippen LogP contribution in [0.5, 0.6) is 5.75 Å². The number of benzene rings is 1. The van der Waals surface area contributed by atoms with Gasteiger partial charge in [0.05, 0.1) is 19.1 Å².